The molecule has 53 valence electrons. The number of hydrogen-bond acceptors (Lipinski definition) is 1. The minimum atomic E-state index is 1.15. The van der Waals surface area contributed by atoms with Gasteiger partial charge in [0.05, 0.1) is 0 Å². The molecule has 2 rings (SSSR count). The first-order valence-electron chi connectivity index (χ1n) is 3.77. The molecule has 2 nitrogen and oxygen atoms in total. The van der Waals surface area contributed by atoms with Gasteiger partial charge in [0.25, 0.3) is 0 Å². The third-order valence-electron chi connectivity index (χ3n) is 1.95. The van der Waals surface area contributed by atoms with E-state index in [1.165, 1.54) is 25.9 Å². The molecule has 1 aromatic heterocycles. The molecule has 1 radical (unpaired) electrons. The first-order chi connectivity index (χ1) is 4.97. The average molecular weight is 135 g/mol. The molecule has 1 aliphatic rings. The highest BCUT2D eigenvalue weighted by atomic mass is 15.2. The highest BCUT2D eigenvalue weighted by molar-refractivity contribution is 5.37. The van der Waals surface area contributed by atoms with Crippen LogP contribution in [-0.4, -0.2) is 18.1 Å². The van der Waals surface area contributed by atoms with Gasteiger partial charge < -0.3 is 9.88 Å². The topological polar surface area (TPSA) is 19.0 Å². The van der Waals surface area contributed by atoms with E-state index in [4.69, 9.17) is 0 Å². The Morgan fingerprint density at radius 2 is 2.20 bits per heavy atom. The first kappa shape index (κ1) is 5.83. The van der Waals surface area contributed by atoms with E-state index in [0.29, 0.717) is 0 Å². The molecule has 0 spiro atoms. The zero-order chi connectivity index (χ0) is 6.81. The fraction of sp³-hybridized carbons (Fsp3) is 0.500. The van der Waals surface area contributed by atoms with Crippen LogP contribution < -0.4 is 4.90 Å². The molecule has 0 amide bonds. The Morgan fingerprint density at radius 3 is 2.80 bits per heavy atom. The van der Waals surface area contributed by atoms with Crippen LogP contribution in [0.5, 0.6) is 0 Å². The minimum Gasteiger partial charge on any atom is -0.358 e. The lowest BCUT2D eigenvalue weighted by molar-refractivity contribution is 0.945. The Balaban J connectivity index is 2.12. The number of aromatic nitrogens is 1. The van der Waals surface area contributed by atoms with Gasteiger partial charge in [0.15, 0.2) is 0 Å². The Hall–Kier alpha value is -0.920. The standard InChI is InChI=1S/C8H11N2/c1-2-7-10(6-1)8-4-3-5-9-8/h3,5,9H,1-2,6-7H2. The molecular weight excluding hydrogens is 124 g/mol. The van der Waals surface area contributed by atoms with Crippen molar-refractivity contribution in [2.24, 2.45) is 0 Å². The molecule has 1 saturated heterocycles. The van der Waals surface area contributed by atoms with E-state index in [1.807, 2.05) is 12.3 Å². The fourth-order valence-electron chi connectivity index (χ4n) is 1.41. The maximum atomic E-state index is 3.15. The number of rotatable bonds is 1. The van der Waals surface area contributed by atoms with Gasteiger partial charge >= 0.3 is 0 Å². The summed E-state index contributed by atoms with van der Waals surface area (Å²) in [6.45, 7) is 2.38. The van der Waals surface area contributed by atoms with Crippen molar-refractivity contribution in [3.63, 3.8) is 0 Å². The second-order valence-corrected chi connectivity index (χ2v) is 2.66. The van der Waals surface area contributed by atoms with Gasteiger partial charge in [-0.3, -0.25) is 0 Å². The number of nitrogens with zero attached hydrogens (tertiary/aromatic N) is 1. The van der Waals surface area contributed by atoms with Crippen molar-refractivity contribution in [1.29, 1.82) is 0 Å². The van der Waals surface area contributed by atoms with Crippen LogP contribution in [0.3, 0.4) is 0 Å². The summed E-state index contributed by atoms with van der Waals surface area (Å²) < 4.78 is 0. The summed E-state index contributed by atoms with van der Waals surface area (Å²) in [4.78, 5) is 5.48. The molecule has 0 atom stereocenters. The summed E-state index contributed by atoms with van der Waals surface area (Å²) in [7, 11) is 0. The molecule has 0 unspecified atom stereocenters. The third kappa shape index (κ3) is 0.897. The van der Waals surface area contributed by atoms with Gasteiger partial charge in [0, 0.05) is 25.4 Å². The van der Waals surface area contributed by atoms with Crippen molar-refractivity contribution < 1.29 is 0 Å². The van der Waals surface area contributed by atoms with E-state index < -0.39 is 0 Å². The van der Waals surface area contributed by atoms with Gasteiger partial charge in [-0.2, -0.15) is 0 Å². The molecule has 0 bridgehead atoms. The lowest BCUT2D eigenvalue weighted by atomic mass is 10.4. The highest BCUT2D eigenvalue weighted by Crippen LogP contribution is 2.15. The Labute approximate surface area is 60.9 Å². The molecule has 1 aliphatic heterocycles. The molecule has 2 heterocycles. The lowest BCUT2D eigenvalue weighted by Gasteiger charge is -2.13. The van der Waals surface area contributed by atoms with Gasteiger partial charge in [-0.05, 0) is 18.9 Å². The molecule has 1 aromatic rings. The lowest BCUT2D eigenvalue weighted by Crippen LogP contribution is -2.17. The van der Waals surface area contributed by atoms with Crippen LogP contribution in [-0.2, 0) is 0 Å². The predicted molar refractivity (Wildman–Crippen MR) is 41.1 cm³/mol. The van der Waals surface area contributed by atoms with Gasteiger partial charge in [0.2, 0.25) is 0 Å². The van der Waals surface area contributed by atoms with E-state index >= 15 is 0 Å². The van der Waals surface area contributed by atoms with E-state index in [2.05, 4.69) is 16.0 Å². The van der Waals surface area contributed by atoms with Gasteiger partial charge in [-0.1, -0.05) is 0 Å². The maximum absolute atomic E-state index is 3.15. The molecule has 10 heavy (non-hydrogen) atoms. The number of anilines is 1. The smallest absolute Gasteiger partial charge is 0.114 e. The molecular formula is C8H11N2. The summed E-state index contributed by atoms with van der Waals surface area (Å²) in [6.07, 6.45) is 4.58. The highest BCUT2D eigenvalue weighted by Gasteiger charge is 2.11. The third-order valence-corrected chi connectivity index (χ3v) is 1.95. The van der Waals surface area contributed by atoms with Crippen LogP contribution >= 0.6 is 0 Å². The van der Waals surface area contributed by atoms with E-state index in [9.17, 15) is 0 Å². The monoisotopic (exact) mass is 135 g/mol. The quantitative estimate of drug-likeness (QED) is 0.617. The van der Waals surface area contributed by atoms with E-state index in [1.54, 1.807) is 0 Å². The molecule has 2 heteroatoms. The Kier molecular flexibility index (Phi) is 1.38. The second-order valence-electron chi connectivity index (χ2n) is 2.66. The summed E-state index contributed by atoms with van der Waals surface area (Å²) in [5.74, 6) is 1.15. The van der Waals surface area contributed by atoms with Crippen LogP contribution in [0.25, 0.3) is 0 Å². The molecule has 0 saturated carbocycles. The SMILES string of the molecule is [c]1cc[nH]c1N1CCCC1. The van der Waals surface area contributed by atoms with Crippen LogP contribution in [0.2, 0.25) is 0 Å². The van der Waals surface area contributed by atoms with Crippen molar-refractivity contribution >= 4 is 5.82 Å². The van der Waals surface area contributed by atoms with Crippen molar-refractivity contribution in [2.75, 3.05) is 18.0 Å². The predicted octanol–water partition coefficient (Wildman–Crippen LogP) is 1.42. The van der Waals surface area contributed by atoms with Crippen LogP contribution in [0.15, 0.2) is 12.3 Å². The second kappa shape index (κ2) is 2.37. The van der Waals surface area contributed by atoms with Crippen molar-refractivity contribution in [1.82, 2.24) is 4.98 Å². The summed E-state index contributed by atoms with van der Waals surface area (Å²) in [5, 5.41) is 0. The Bertz CT molecular complexity index is 185. The van der Waals surface area contributed by atoms with Gasteiger partial charge in [-0.25, -0.2) is 0 Å². The van der Waals surface area contributed by atoms with Crippen LogP contribution in [0.4, 0.5) is 5.82 Å². The average Bonchev–Trinajstić information content (AvgIpc) is 2.59. The number of nitrogens with one attached hydrogen (secondary N) is 1. The van der Waals surface area contributed by atoms with Crippen molar-refractivity contribution in [3.8, 4) is 0 Å². The molecule has 0 aliphatic carbocycles. The number of hydrogen-bond donors (Lipinski definition) is 1. The molecule has 0 aromatic carbocycles. The van der Waals surface area contributed by atoms with Crippen LogP contribution in [0.1, 0.15) is 12.8 Å². The Morgan fingerprint density at radius 1 is 1.40 bits per heavy atom. The van der Waals surface area contributed by atoms with Crippen LogP contribution in [0, 0.1) is 6.07 Å². The van der Waals surface area contributed by atoms with Gasteiger partial charge in [0.1, 0.15) is 5.82 Å². The van der Waals surface area contributed by atoms with E-state index in [0.717, 1.165) is 5.82 Å². The summed E-state index contributed by atoms with van der Waals surface area (Å²) in [5.41, 5.74) is 0. The van der Waals surface area contributed by atoms with E-state index in [-0.39, 0.29) is 0 Å². The largest absolute Gasteiger partial charge is 0.358 e. The molecule has 1 fully saturated rings. The first-order valence-corrected chi connectivity index (χ1v) is 3.77. The maximum Gasteiger partial charge on any atom is 0.114 e. The van der Waals surface area contributed by atoms with Crippen molar-refractivity contribution in [2.45, 2.75) is 12.8 Å². The number of aromatic amines is 1. The normalized spacial score (nSPS) is 18.2. The zero-order valence-electron chi connectivity index (χ0n) is 5.93. The van der Waals surface area contributed by atoms with Gasteiger partial charge in [-0.15, -0.1) is 0 Å². The summed E-state index contributed by atoms with van der Waals surface area (Å²) in [6, 6.07) is 5.07. The zero-order valence-corrected chi connectivity index (χ0v) is 5.93. The minimum absolute atomic E-state index is 1.15. The fourth-order valence-corrected chi connectivity index (χ4v) is 1.41. The number of H-pyrrole nitrogens is 1. The summed E-state index contributed by atoms with van der Waals surface area (Å²) >= 11 is 0. The molecule has 1 N–H and O–H groups in total. The van der Waals surface area contributed by atoms with Crippen molar-refractivity contribution in [3.05, 3.63) is 18.3 Å².